The summed E-state index contributed by atoms with van der Waals surface area (Å²) in [4.78, 5) is 0. The lowest BCUT2D eigenvalue weighted by atomic mass is 9.70. The second-order valence-corrected chi connectivity index (χ2v) is 4.81. The van der Waals surface area contributed by atoms with Crippen LogP contribution < -0.4 is 0 Å². The van der Waals surface area contributed by atoms with Crippen molar-refractivity contribution >= 4 is 0 Å². The molecule has 2 fully saturated rings. The minimum Gasteiger partial charge on any atom is -0.0990 e. The van der Waals surface area contributed by atoms with Crippen LogP contribution in [0.4, 0.5) is 0 Å². The highest BCUT2D eigenvalue weighted by Crippen LogP contribution is 2.53. The zero-order valence-electron chi connectivity index (χ0n) is 8.23. The van der Waals surface area contributed by atoms with Crippen LogP contribution in [0.1, 0.15) is 51.9 Å². The molecule has 1 spiro atoms. The van der Waals surface area contributed by atoms with Crippen molar-refractivity contribution in [2.75, 3.05) is 0 Å². The third-order valence-electron chi connectivity index (χ3n) is 4.14. The lowest BCUT2D eigenvalue weighted by Crippen LogP contribution is -2.22. The van der Waals surface area contributed by atoms with Crippen molar-refractivity contribution in [1.29, 1.82) is 0 Å². The van der Waals surface area contributed by atoms with Crippen molar-refractivity contribution < 1.29 is 0 Å². The molecule has 0 N–H and O–H groups in total. The molecule has 2 rings (SSSR count). The fourth-order valence-electron chi connectivity index (χ4n) is 3.15. The van der Waals surface area contributed by atoms with Gasteiger partial charge in [0.05, 0.1) is 0 Å². The van der Waals surface area contributed by atoms with Crippen molar-refractivity contribution in [3.63, 3.8) is 0 Å². The fourth-order valence-corrected chi connectivity index (χ4v) is 3.15. The molecule has 0 saturated heterocycles. The molecule has 0 amide bonds. The summed E-state index contributed by atoms with van der Waals surface area (Å²) in [6.45, 7) is 6.66. The summed E-state index contributed by atoms with van der Waals surface area (Å²) in [5, 5.41) is 0. The van der Waals surface area contributed by atoms with E-state index in [4.69, 9.17) is 0 Å². The van der Waals surface area contributed by atoms with E-state index in [1.54, 1.807) is 5.57 Å². The Morgan fingerprint density at radius 2 is 1.83 bits per heavy atom. The summed E-state index contributed by atoms with van der Waals surface area (Å²) < 4.78 is 0. The van der Waals surface area contributed by atoms with E-state index in [0.29, 0.717) is 5.41 Å². The van der Waals surface area contributed by atoms with Crippen molar-refractivity contribution in [3.8, 4) is 0 Å². The third kappa shape index (κ3) is 1.12. The molecule has 1 unspecified atom stereocenters. The highest BCUT2D eigenvalue weighted by Gasteiger charge is 2.40. The maximum absolute atomic E-state index is 4.31. The average molecular weight is 164 g/mol. The van der Waals surface area contributed by atoms with Crippen LogP contribution in [-0.4, -0.2) is 0 Å². The molecule has 0 aliphatic heterocycles. The number of allylic oxidation sites excluding steroid dienone is 1. The van der Waals surface area contributed by atoms with Crippen LogP contribution in [-0.2, 0) is 0 Å². The molecule has 0 aromatic carbocycles. The van der Waals surface area contributed by atoms with E-state index >= 15 is 0 Å². The molecule has 2 saturated carbocycles. The topological polar surface area (TPSA) is 0 Å². The standard InChI is InChI=1S/C12H20/c1-10-6-9-12(11(10)2)7-4-3-5-8-12/h10H,2-9H2,1H3. The van der Waals surface area contributed by atoms with Crippen LogP contribution in [0.25, 0.3) is 0 Å². The van der Waals surface area contributed by atoms with Crippen LogP contribution in [0.15, 0.2) is 12.2 Å². The molecule has 2 aliphatic rings. The Balaban J connectivity index is 2.14. The molecule has 0 bridgehead atoms. The molecule has 0 radical (unpaired) electrons. The Morgan fingerprint density at radius 1 is 1.17 bits per heavy atom. The minimum absolute atomic E-state index is 0.609. The lowest BCUT2D eigenvalue weighted by Gasteiger charge is -2.35. The van der Waals surface area contributed by atoms with Gasteiger partial charge in [-0.05, 0) is 37.0 Å². The molecule has 12 heavy (non-hydrogen) atoms. The van der Waals surface area contributed by atoms with Crippen molar-refractivity contribution in [2.45, 2.75) is 51.9 Å². The fraction of sp³-hybridized carbons (Fsp3) is 0.833. The maximum Gasteiger partial charge on any atom is -0.00879 e. The summed E-state index contributed by atoms with van der Waals surface area (Å²) in [5.41, 5.74) is 2.19. The monoisotopic (exact) mass is 164 g/mol. The highest BCUT2D eigenvalue weighted by molar-refractivity contribution is 5.19. The Morgan fingerprint density at radius 3 is 2.33 bits per heavy atom. The molecule has 0 aromatic heterocycles. The normalized spacial score (nSPS) is 34.4. The van der Waals surface area contributed by atoms with Gasteiger partial charge >= 0.3 is 0 Å². The van der Waals surface area contributed by atoms with E-state index in [9.17, 15) is 0 Å². The molecular formula is C12H20. The van der Waals surface area contributed by atoms with E-state index < -0.39 is 0 Å². The molecule has 0 heteroatoms. The first-order valence-corrected chi connectivity index (χ1v) is 5.44. The first-order chi connectivity index (χ1) is 5.75. The van der Waals surface area contributed by atoms with Crippen LogP contribution in [0, 0.1) is 11.3 Å². The van der Waals surface area contributed by atoms with E-state index in [1.807, 2.05) is 0 Å². The van der Waals surface area contributed by atoms with Gasteiger partial charge in [0, 0.05) is 0 Å². The van der Waals surface area contributed by atoms with E-state index in [0.717, 1.165) is 5.92 Å². The van der Waals surface area contributed by atoms with Gasteiger partial charge in [-0.1, -0.05) is 38.3 Å². The number of rotatable bonds is 0. The Kier molecular flexibility index (Phi) is 2.02. The van der Waals surface area contributed by atoms with Crippen LogP contribution in [0.2, 0.25) is 0 Å². The second-order valence-electron chi connectivity index (χ2n) is 4.81. The Hall–Kier alpha value is -0.260. The van der Waals surface area contributed by atoms with Crippen molar-refractivity contribution in [3.05, 3.63) is 12.2 Å². The summed E-state index contributed by atoms with van der Waals surface area (Å²) in [6, 6.07) is 0. The average Bonchev–Trinajstić information content (AvgIpc) is 2.37. The van der Waals surface area contributed by atoms with Gasteiger partial charge in [-0.3, -0.25) is 0 Å². The van der Waals surface area contributed by atoms with Crippen LogP contribution in [0.5, 0.6) is 0 Å². The predicted octanol–water partition coefficient (Wildman–Crippen LogP) is 3.92. The van der Waals surface area contributed by atoms with Crippen LogP contribution >= 0.6 is 0 Å². The molecule has 68 valence electrons. The Labute approximate surface area is 76.1 Å². The molecule has 0 heterocycles. The summed E-state index contributed by atoms with van der Waals surface area (Å²) in [7, 11) is 0. The highest BCUT2D eigenvalue weighted by atomic mass is 14.5. The minimum atomic E-state index is 0.609. The molecule has 0 aromatic rings. The van der Waals surface area contributed by atoms with Crippen molar-refractivity contribution in [2.24, 2.45) is 11.3 Å². The summed E-state index contributed by atoms with van der Waals surface area (Å²) in [6.07, 6.45) is 10.1. The van der Waals surface area contributed by atoms with Crippen LogP contribution in [0.3, 0.4) is 0 Å². The smallest absolute Gasteiger partial charge is 0.00879 e. The van der Waals surface area contributed by atoms with Gasteiger partial charge in [0.1, 0.15) is 0 Å². The van der Waals surface area contributed by atoms with E-state index in [-0.39, 0.29) is 0 Å². The van der Waals surface area contributed by atoms with Gasteiger partial charge in [-0.25, -0.2) is 0 Å². The maximum atomic E-state index is 4.31. The van der Waals surface area contributed by atoms with Gasteiger partial charge in [0.25, 0.3) is 0 Å². The quantitative estimate of drug-likeness (QED) is 0.476. The number of hydrogen-bond acceptors (Lipinski definition) is 0. The zero-order chi connectivity index (χ0) is 8.60. The first kappa shape index (κ1) is 8.34. The van der Waals surface area contributed by atoms with Gasteiger partial charge in [0.15, 0.2) is 0 Å². The summed E-state index contributed by atoms with van der Waals surface area (Å²) in [5.74, 6) is 0.808. The lowest BCUT2D eigenvalue weighted by molar-refractivity contribution is 0.247. The Bertz CT molecular complexity index is 179. The second kappa shape index (κ2) is 2.90. The zero-order valence-corrected chi connectivity index (χ0v) is 8.23. The summed E-state index contributed by atoms with van der Waals surface area (Å²) >= 11 is 0. The predicted molar refractivity (Wildman–Crippen MR) is 53.1 cm³/mol. The van der Waals surface area contributed by atoms with E-state index in [1.165, 1.54) is 44.9 Å². The molecular weight excluding hydrogens is 144 g/mol. The molecule has 0 nitrogen and oxygen atoms in total. The molecule has 2 aliphatic carbocycles. The molecule has 1 atom stereocenters. The largest absolute Gasteiger partial charge is 0.0990 e. The van der Waals surface area contributed by atoms with E-state index in [2.05, 4.69) is 13.5 Å². The first-order valence-electron chi connectivity index (χ1n) is 5.44. The van der Waals surface area contributed by atoms with Gasteiger partial charge < -0.3 is 0 Å². The van der Waals surface area contributed by atoms with Gasteiger partial charge in [0.2, 0.25) is 0 Å². The SMILES string of the molecule is C=C1C(C)CCC12CCCCC2. The van der Waals surface area contributed by atoms with Crippen molar-refractivity contribution in [1.82, 2.24) is 0 Å². The van der Waals surface area contributed by atoms with Gasteiger partial charge in [-0.2, -0.15) is 0 Å². The number of hydrogen-bond donors (Lipinski definition) is 0. The third-order valence-corrected chi connectivity index (χ3v) is 4.14. The van der Waals surface area contributed by atoms with Gasteiger partial charge in [-0.15, -0.1) is 0 Å².